The minimum atomic E-state index is -4.53. The number of nitrogens with one attached hydrogen (secondary N) is 1. The van der Waals surface area contributed by atoms with Crippen molar-refractivity contribution in [3.63, 3.8) is 0 Å². The van der Waals surface area contributed by atoms with Gasteiger partial charge in [0, 0.05) is 18.8 Å². The van der Waals surface area contributed by atoms with Crippen molar-refractivity contribution in [2.75, 3.05) is 5.32 Å². The molecule has 0 fully saturated rings. The van der Waals surface area contributed by atoms with Crippen molar-refractivity contribution in [3.05, 3.63) is 81.8 Å². The number of aromatic nitrogens is 4. The van der Waals surface area contributed by atoms with Gasteiger partial charge in [0.2, 0.25) is 5.82 Å². The van der Waals surface area contributed by atoms with Gasteiger partial charge in [-0.15, -0.1) is 16.4 Å². The highest BCUT2D eigenvalue weighted by molar-refractivity contribution is 7.13. The van der Waals surface area contributed by atoms with Crippen molar-refractivity contribution in [3.8, 4) is 16.4 Å². The summed E-state index contributed by atoms with van der Waals surface area (Å²) < 4.78 is 42.2. The van der Waals surface area contributed by atoms with E-state index in [0.29, 0.717) is 17.1 Å². The minimum absolute atomic E-state index is 0.120. The van der Waals surface area contributed by atoms with Gasteiger partial charge < -0.3 is 9.88 Å². The van der Waals surface area contributed by atoms with Crippen LogP contribution in [0.1, 0.15) is 23.1 Å². The van der Waals surface area contributed by atoms with Gasteiger partial charge in [-0.3, -0.25) is 9.59 Å². The first-order valence-electron chi connectivity index (χ1n) is 9.46. The maximum absolute atomic E-state index is 13.2. The van der Waals surface area contributed by atoms with Gasteiger partial charge in [-0.1, -0.05) is 12.1 Å². The first-order chi connectivity index (χ1) is 15.3. The van der Waals surface area contributed by atoms with Crippen LogP contribution in [0.5, 0.6) is 0 Å². The van der Waals surface area contributed by atoms with Crippen molar-refractivity contribution >= 4 is 22.9 Å². The molecule has 0 atom stereocenters. The Balaban J connectivity index is 1.74. The SMILES string of the molecule is CCn1cc(NC(=O)c2nc(-c3cccs3)n(-c3cccc(C(F)(F)F)c3)n2)ccc1=O. The standard InChI is InChI=1S/C21H16F3N5O2S/c1-2-28-12-14(8-9-17(28)30)25-20(31)18-26-19(16-7-4-10-32-16)29(27-18)15-6-3-5-13(11-15)21(22,23)24/h3-12H,2H2,1H3,(H,25,31). The predicted molar refractivity (Wildman–Crippen MR) is 114 cm³/mol. The second kappa shape index (κ2) is 8.42. The number of benzene rings is 1. The lowest BCUT2D eigenvalue weighted by molar-refractivity contribution is -0.137. The maximum Gasteiger partial charge on any atom is 0.416 e. The molecule has 164 valence electrons. The Labute approximate surface area is 183 Å². The summed E-state index contributed by atoms with van der Waals surface area (Å²) in [7, 11) is 0. The van der Waals surface area contributed by atoms with Crippen molar-refractivity contribution in [2.45, 2.75) is 19.6 Å². The molecule has 11 heteroatoms. The summed E-state index contributed by atoms with van der Waals surface area (Å²) in [5, 5.41) is 8.59. The van der Waals surface area contributed by atoms with E-state index in [1.807, 2.05) is 0 Å². The first-order valence-corrected chi connectivity index (χ1v) is 10.3. The molecule has 0 radical (unpaired) electrons. The van der Waals surface area contributed by atoms with Gasteiger partial charge in [0.15, 0.2) is 5.82 Å². The Bertz CT molecular complexity index is 1330. The number of hydrogen-bond donors (Lipinski definition) is 1. The molecule has 1 N–H and O–H groups in total. The molecule has 1 amide bonds. The lowest BCUT2D eigenvalue weighted by Gasteiger charge is -2.09. The molecular weight excluding hydrogens is 443 g/mol. The van der Waals surface area contributed by atoms with Gasteiger partial charge in [0.25, 0.3) is 11.5 Å². The fraction of sp³-hybridized carbons (Fsp3) is 0.143. The fourth-order valence-corrected chi connectivity index (χ4v) is 3.71. The van der Waals surface area contributed by atoms with E-state index in [9.17, 15) is 22.8 Å². The average Bonchev–Trinajstić information content (AvgIpc) is 3.44. The van der Waals surface area contributed by atoms with Crippen LogP contribution in [-0.2, 0) is 12.7 Å². The molecule has 3 heterocycles. The third-order valence-electron chi connectivity index (χ3n) is 4.55. The van der Waals surface area contributed by atoms with E-state index < -0.39 is 17.6 Å². The van der Waals surface area contributed by atoms with Crippen LogP contribution < -0.4 is 10.9 Å². The van der Waals surface area contributed by atoms with Gasteiger partial charge in [0.05, 0.1) is 21.8 Å². The van der Waals surface area contributed by atoms with Crippen molar-refractivity contribution in [1.29, 1.82) is 0 Å². The molecule has 0 spiro atoms. The van der Waals surface area contributed by atoms with E-state index in [1.165, 1.54) is 51.0 Å². The second-order valence-corrected chi connectivity index (χ2v) is 7.64. The minimum Gasteiger partial charge on any atom is -0.318 e. The quantitative estimate of drug-likeness (QED) is 0.478. The molecule has 0 aliphatic carbocycles. The number of thiophene rings is 1. The van der Waals surface area contributed by atoms with Crippen molar-refractivity contribution < 1.29 is 18.0 Å². The Hall–Kier alpha value is -3.73. The zero-order chi connectivity index (χ0) is 22.9. The molecule has 0 saturated carbocycles. The summed E-state index contributed by atoms with van der Waals surface area (Å²) >= 11 is 1.31. The van der Waals surface area contributed by atoms with E-state index in [-0.39, 0.29) is 22.9 Å². The van der Waals surface area contributed by atoms with Crippen LogP contribution in [0.25, 0.3) is 16.4 Å². The third-order valence-corrected chi connectivity index (χ3v) is 5.42. The number of rotatable bonds is 5. The number of pyridine rings is 1. The molecule has 0 aliphatic heterocycles. The number of anilines is 1. The Morgan fingerprint density at radius 2 is 1.97 bits per heavy atom. The monoisotopic (exact) mass is 459 g/mol. The summed E-state index contributed by atoms with van der Waals surface area (Å²) in [4.78, 5) is 29.4. The summed E-state index contributed by atoms with van der Waals surface area (Å²) in [6.07, 6.45) is -3.04. The van der Waals surface area contributed by atoms with Crippen LogP contribution in [0.15, 0.2) is 64.9 Å². The largest absolute Gasteiger partial charge is 0.416 e. The Kier molecular flexibility index (Phi) is 5.66. The Morgan fingerprint density at radius 1 is 1.16 bits per heavy atom. The number of carbonyl (C=O) groups is 1. The van der Waals surface area contributed by atoms with E-state index in [2.05, 4.69) is 15.4 Å². The molecule has 3 aromatic heterocycles. The number of nitrogens with zero attached hydrogens (tertiary/aromatic N) is 4. The normalized spacial score (nSPS) is 11.5. The van der Waals surface area contributed by atoms with E-state index in [1.54, 1.807) is 24.4 Å². The zero-order valence-electron chi connectivity index (χ0n) is 16.6. The highest BCUT2D eigenvalue weighted by atomic mass is 32.1. The van der Waals surface area contributed by atoms with Crippen molar-refractivity contribution in [2.24, 2.45) is 0 Å². The molecule has 0 aliphatic rings. The summed E-state index contributed by atoms with van der Waals surface area (Å²) in [5.74, 6) is -0.641. The molecule has 0 bridgehead atoms. The molecule has 4 rings (SSSR count). The topological polar surface area (TPSA) is 81.8 Å². The number of carbonyl (C=O) groups excluding carboxylic acids is 1. The Morgan fingerprint density at radius 3 is 2.66 bits per heavy atom. The van der Waals surface area contributed by atoms with Crippen LogP contribution in [-0.4, -0.2) is 25.2 Å². The molecular formula is C21H16F3N5O2S. The van der Waals surface area contributed by atoms with Crippen LogP contribution in [0.4, 0.5) is 18.9 Å². The highest BCUT2D eigenvalue weighted by Gasteiger charge is 2.31. The molecule has 0 saturated heterocycles. The third kappa shape index (κ3) is 4.33. The smallest absolute Gasteiger partial charge is 0.318 e. The summed E-state index contributed by atoms with van der Waals surface area (Å²) in [6.45, 7) is 2.21. The highest BCUT2D eigenvalue weighted by Crippen LogP contribution is 2.32. The maximum atomic E-state index is 13.2. The van der Waals surface area contributed by atoms with Crippen LogP contribution >= 0.6 is 11.3 Å². The number of halogens is 3. The summed E-state index contributed by atoms with van der Waals surface area (Å²) in [5.41, 5.74) is -0.563. The molecule has 4 aromatic rings. The van der Waals surface area contributed by atoms with Gasteiger partial charge >= 0.3 is 6.18 Å². The summed E-state index contributed by atoms with van der Waals surface area (Å²) in [6, 6.07) is 10.9. The number of alkyl halides is 3. The molecule has 7 nitrogen and oxygen atoms in total. The van der Waals surface area contributed by atoms with Crippen LogP contribution in [0, 0.1) is 0 Å². The molecule has 32 heavy (non-hydrogen) atoms. The van der Waals surface area contributed by atoms with Crippen molar-refractivity contribution in [1.82, 2.24) is 19.3 Å². The van der Waals surface area contributed by atoms with Gasteiger partial charge in [-0.05, 0) is 42.6 Å². The number of aryl methyl sites for hydroxylation is 1. The van der Waals surface area contributed by atoms with Crippen LogP contribution in [0.2, 0.25) is 0 Å². The zero-order valence-corrected chi connectivity index (χ0v) is 17.4. The molecule has 0 unspecified atom stereocenters. The molecule has 1 aromatic carbocycles. The lowest BCUT2D eigenvalue weighted by atomic mass is 10.2. The fourth-order valence-electron chi connectivity index (χ4n) is 3.01. The predicted octanol–water partition coefficient (Wildman–Crippen LogP) is 4.45. The second-order valence-electron chi connectivity index (χ2n) is 6.69. The lowest BCUT2D eigenvalue weighted by Crippen LogP contribution is -2.20. The average molecular weight is 459 g/mol. The van der Waals surface area contributed by atoms with E-state index in [0.717, 1.165) is 12.1 Å². The van der Waals surface area contributed by atoms with E-state index >= 15 is 0 Å². The first kappa shape index (κ1) is 21.5. The number of hydrogen-bond acceptors (Lipinski definition) is 5. The van der Waals surface area contributed by atoms with Crippen LogP contribution in [0.3, 0.4) is 0 Å². The van der Waals surface area contributed by atoms with Gasteiger partial charge in [-0.25, -0.2) is 9.67 Å². The van der Waals surface area contributed by atoms with Gasteiger partial charge in [-0.2, -0.15) is 13.2 Å². The number of amides is 1. The van der Waals surface area contributed by atoms with E-state index in [4.69, 9.17) is 0 Å². The van der Waals surface area contributed by atoms with Gasteiger partial charge in [0.1, 0.15) is 0 Å².